The minimum absolute atomic E-state index is 0.418. The summed E-state index contributed by atoms with van der Waals surface area (Å²) in [5, 5.41) is 9.90. The van der Waals surface area contributed by atoms with Crippen molar-refractivity contribution in [3.05, 3.63) is 82.1 Å². The third kappa shape index (κ3) is 4.55. The van der Waals surface area contributed by atoms with E-state index < -0.39 is 5.97 Å². The molecule has 0 bridgehead atoms. The van der Waals surface area contributed by atoms with Gasteiger partial charge in [-0.15, -0.1) is 11.3 Å². The lowest BCUT2D eigenvalue weighted by Gasteiger charge is -2.09. The average molecular weight is 366 g/mol. The number of thiazole rings is 1. The lowest BCUT2D eigenvalue weighted by molar-refractivity contribution is -0.131. The van der Waals surface area contributed by atoms with Crippen molar-refractivity contribution in [2.75, 3.05) is 0 Å². The molecule has 3 aromatic rings. The highest BCUT2D eigenvalue weighted by Gasteiger charge is 2.13. The van der Waals surface area contributed by atoms with E-state index in [0.717, 1.165) is 22.9 Å². The van der Waals surface area contributed by atoms with Crippen LogP contribution in [0.5, 0.6) is 5.75 Å². The molecule has 26 heavy (non-hydrogen) atoms. The SMILES string of the molecule is CCc1cnc(C(=CC(=O)O)c2cncc(OCc3ccccc3)c2)s1. The molecule has 132 valence electrons. The second kappa shape index (κ2) is 8.40. The van der Waals surface area contributed by atoms with Crippen molar-refractivity contribution in [3.63, 3.8) is 0 Å². The summed E-state index contributed by atoms with van der Waals surface area (Å²) in [5.74, 6) is -0.446. The molecule has 2 aromatic heterocycles. The molecule has 0 saturated carbocycles. The fraction of sp³-hybridized carbons (Fsp3) is 0.150. The molecule has 0 fully saturated rings. The number of hydrogen-bond donors (Lipinski definition) is 1. The zero-order valence-electron chi connectivity index (χ0n) is 14.3. The van der Waals surface area contributed by atoms with Crippen LogP contribution in [0.3, 0.4) is 0 Å². The Morgan fingerprint density at radius 3 is 2.73 bits per heavy atom. The first kappa shape index (κ1) is 17.8. The second-order valence-electron chi connectivity index (χ2n) is 5.57. The summed E-state index contributed by atoms with van der Waals surface area (Å²) in [6, 6.07) is 11.6. The minimum Gasteiger partial charge on any atom is -0.487 e. The van der Waals surface area contributed by atoms with Gasteiger partial charge in [0.15, 0.2) is 0 Å². The van der Waals surface area contributed by atoms with Crippen molar-refractivity contribution in [3.8, 4) is 5.75 Å². The predicted molar refractivity (Wildman–Crippen MR) is 101 cm³/mol. The highest BCUT2D eigenvalue weighted by atomic mass is 32.1. The maximum absolute atomic E-state index is 11.3. The Kier molecular flexibility index (Phi) is 5.76. The number of nitrogens with zero attached hydrogens (tertiary/aromatic N) is 2. The number of benzene rings is 1. The van der Waals surface area contributed by atoms with E-state index in [4.69, 9.17) is 4.74 Å². The molecule has 1 N–H and O–H groups in total. The standard InChI is InChI=1S/C20H18N2O3S/c1-2-17-12-22-20(26-17)18(9-19(23)24)15-8-16(11-21-10-15)25-13-14-6-4-3-5-7-14/h3-12H,2,13H2,1H3,(H,23,24). The van der Waals surface area contributed by atoms with Crippen molar-refractivity contribution in [2.24, 2.45) is 0 Å². The van der Waals surface area contributed by atoms with Gasteiger partial charge in [0, 0.05) is 34.5 Å². The summed E-state index contributed by atoms with van der Waals surface area (Å²) in [4.78, 5) is 20.9. The Balaban J connectivity index is 1.86. The smallest absolute Gasteiger partial charge is 0.329 e. The first-order chi connectivity index (χ1) is 12.7. The van der Waals surface area contributed by atoms with Gasteiger partial charge in [-0.1, -0.05) is 37.3 Å². The number of ether oxygens (including phenoxy) is 1. The fourth-order valence-corrected chi connectivity index (χ4v) is 3.26. The largest absolute Gasteiger partial charge is 0.487 e. The maximum Gasteiger partial charge on any atom is 0.329 e. The van der Waals surface area contributed by atoms with Crippen LogP contribution in [0, 0.1) is 0 Å². The lowest BCUT2D eigenvalue weighted by Crippen LogP contribution is -1.98. The highest BCUT2D eigenvalue weighted by molar-refractivity contribution is 7.12. The van der Waals surface area contributed by atoms with Crippen LogP contribution in [0.4, 0.5) is 0 Å². The molecule has 0 aliphatic rings. The number of carboxylic acids is 1. The highest BCUT2D eigenvalue weighted by Crippen LogP contribution is 2.29. The molecular formula is C20H18N2O3S. The summed E-state index contributed by atoms with van der Waals surface area (Å²) >= 11 is 1.48. The van der Waals surface area contributed by atoms with Gasteiger partial charge in [-0.05, 0) is 18.1 Å². The van der Waals surface area contributed by atoms with E-state index in [1.54, 1.807) is 24.7 Å². The first-order valence-corrected chi connectivity index (χ1v) is 8.99. The second-order valence-corrected chi connectivity index (χ2v) is 6.68. The average Bonchev–Trinajstić information content (AvgIpc) is 3.14. The van der Waals surface area contributed by atoms with Crippen LogP contribution in [0.25, 0.3) is 5.57 Å². The number of carboxylic acid groups (broad SMARTS) is 1. The fourth-order valence-electron chi connectivity index (χ4n) is 2.37. The third-order valence-corrected chi connectivity index (χ3v) is 4.85. The number of carbonyl (C=O) groups is 1. The molecule has 2 heterocycles. The quantitative estimate of drug-likeness (QED) is 0.635. The Bertz CT molecular complexity index is 920. The summed E-state index contributed by atoms with van der Waals surface area (Å²) < 4.78 is 5.80. The Morgan fingerprint density at radius 2 is 2.04 bits per heavy atom. The number of aliphatic carboxylic acids is 1. The first-order valence-electron chi connectivity index (χ1n) is 8.17. The zero-order valence-corrected chi connectivity index (χ0v) is 15.1. The van der Waals surface area contributed by atoms with E-state index in [1.165, 1.54) is 11.3 Å². The molecular weight excluding hydrogens is 348 g/mol. The molecule has 0 atom stereocenters. The van der Waals surface area contributed by atoms with Crippen LogP contribution in [0.1, 0.15) is 27.9 Å². The third-order valence-electron chi connectivity index (χ3n) is 3.67. The van der Waals surface area contributed by atoms with Gasteiger partial charge in [0.1, 0.15) is 17.4 Å². The van der Waals surface area contributed by atoms with Gasteiger partial charge in [0.2, 0.25) is 0 Å². The lowest BCUT2D eigenvalue weighted by atomic mass is 10.1. The van der Waals surface area contributed by atoms with E-state index in [1.807, 2.05) is 37.3 Å². The van der Waals surface area contributed by atoms with Gasteiger partial charge < -0.3 is 9.84 Å². The number of rotatable bonds is 7. The van der Waals surface area contributed by atoms with E-state index >= 15 is 0 Å². The molecule has 0 aliphatic heterocycles. The summed E-state index contributed by atoms with van der Waals surface area (Å²) in [6.45, 7) is 2.46. The zero-order chi connectivity index (χ0) is 18.4. The molecule has 3 rings (SSSR count). The Labute approximate surface area is 155 Å². The van der Waals surface area contributed by atoms with Crippen molar-refractivity contribution in [1.29, 1.82) is 0 Å². The topological polar surface area (TPSA) is 72.3 Å². The van der Waals surface area contributed by atoms with E-state index in [9.17, 15) is 9.90 Å². The van der Waals surface area contributed by atoms with Crippen LogP contribution < -0.4 is 4.74 Å². The normalized spacial score (nSPS) is 11.3. The van der Waals surface area contributed by atoms with Gasteiger partial charge in [0.05, 0.1) is 6.20 Å². The van der Waals surface area contributed by atoms with Crippen LogP contribution in [0.15, 0.2) is 61.1 Å². The number of hydrogen-bond acceptors (Lipinski definition) is 5. The monoisotopic (exact) mass is 366 g/mol. The van der Waals surface area contributed by atoms with Crippen molar-refractivity contribution < 1.29 is 14.6 Å². The van der Waals surface area contributed by atoms with Crippen molar-refractivity contribution >= 4 is 22.9 Å². The van der Waals surface area contributed by atoms with Crippen LogP contribution in [0.2, 0.25) is 0 Å². The molecule has 0 amide bonds. The van der Waals surface area contributed by atoms with Gasteiger partial charge in [-0.3, -0.25) is 4.98 Å². The summed E-state index contributed by atoms with van der Waals surface area (Å²) in [7, 11) is 0. The number of aromatic nitrogens is 2. The Morgan fingerprint density at radius 1 is 1.23 bits per heavy atom. The van der Waals surface area contributed by atoms with Crippen molar-refractivity contribution in [2.45, 2.75) is 20.0 Å². The van der Waals surface area contributed by atoms with Gasteiger partial charge >= 0.3 is 5.97 Å². The van der Waals surface area contributed by atoms with Gasteiger partial charge in [0.25, 0.3) is 0 Å². The molecule has 0 unspecified atom stereocenters. The number of pyridine rings is 1. The van der Waals surface area contributed by atoms with E-state index in [-0.39, 0.29) is 0 Å². The van der Waals surface area contributed by atoms with Gasteiger partial charge in [-0.25, -0.2) is 9.78 Å². The molecule has 5 nitrogen and oxygen atoms in total. The Hall–Kier alpha value is -2.99. The summed E-state index contributed by atoms with van der Waals surface area (Å²) in [6.07, 6.45) is 7.03. The minimum atomic E-state index is -1.02. The van der Waals surface area contributed by atoms with Gasteiger partial charge in [-0.2, -0.15) is 0 Å². The number of aryl methyl sites for hydroxylation is 1. The van der Waals surface area contributed by atoms with E-state index in [0.29, 0.717) is 28.5 Å². The molecule has 0 spiro atoms. The van der Waals surface area contributed by atoms with Crippen LogP contribution in [-0.4, -0.2) is 21.0 Å². The molecule has 6 heteroatoms. The predicted octanol–water partition coefficient (Wildman–Crippen LogP) is 4.20. The maximum atomic E-state index is 11.3. The van der Waals surface area contributed by atoms with Crippen molar-refractivity contribution in [1.82, 2.24) is 9.97 Å². The van der Waals surface area contributed by atoms with Crippen LogP contribution >= 0.6 is 11.3 Å². The molecule has 1 aromatic carbocycles. The molecule has 0 saturated heterocycles. The van der Waals surface area contributed by atoms with E-state index in [2.05, 4.69) is 9.97 Å². The van der Waals surface area contributed by atoms with Crippen LogP contribution in [-0.2, 0) is 17.8 Å². The summed E-state index contributed by atoms with van der Waals surface area (Å²) in [5.41, 5.74) is 2.24. The molecule has 0 aliphatic carbocycles. The molecule has 0 radical (unpaired) electrons.